The fraction of sp³-hybridized carbons (Fsp3) is 0.867. The fourth-order valence-corrected chi connectivity index (χ4v) is 5.46. The molecule has 0 radical (unpaired) electrons. The van der Waals surface area contributed by atoms with E-state index in [9.17, 15) is 4.79 Å². The molecular weight excluding hydrogens is 470 g/mol. The molecule has 5 nitrogen and oxygen atoms in total. The molecule has 0 aliphatic carbocycles. The van der Waals surface area contributed by atoms with Crippen LogP contribution in [0.4, 0.5) is 0 Å². The van der Waals surface area contributed by atoms with Crippen molar-refractivity contribution in [2.24, 2.45) is 0 Å². The summed E-state index contributed by atoms with van der Waals surface area (Å²) in [5, 5.41) is 2.03. The summed E-state index contributed by atoms with van der Waals surface area (Å²) in [6.45, 7) is 3.97. The number of carbonyl (C=O) groups excluding carboxylic acids is 1. The van der Waals surface area contributed by atoms with Crippen molar-refractivity contribution in [2.45, 2.75) is 154 Å². The summed E-state index contributed by atoms with van der Waals surface area (Å²) in [4.78, 5) is 11.9. The smallest absolute Gasteiger partial charge is 0.306 e. The Bertz CT molecular complexity index is 624. The zero-order chi connectivity index (χ0) is 25.5. The van der Waals surface area contributed by atoms with Gasteiger partial charge in [0.15, 0.2) is 12.5 Å². The minimum Gasteiger partial charge on any atom is -0.463 e. The summed E-state index contributed by atoms with van der Waals surface area (Å²) < 4.78 is 19.1. The zero-order valence-corrected chi connectivity index (χ0v) is 24.0. The predicted octanol–water partition coefficient (Wildman–Crippen LogP) is 8.14. The first-order valence-corrected chi connectivity index (χ1v) is 16.1. The van der Waals surface area contributed by atoms with Crippen molar-refractivity contribution in [1.29, 1.82) is 0 Å². The minimum atomic E-state index is -0.147. The highest BCUT2D eigenvalue weighted by Crippen LogP contribution is 2.19. The average molecular weight is 525 g/mol. The lowest BCUT2D eigenvalue weighted by Crippen LogP contribution is -2.30. The topological polar surface area (TPSA) is 48.6 Å². The molecule has 1 aromatic heterocycles. The Morgan fingerprint density at radius 2 is 1.44 bits per heavy atom. The van der Waals surface area contributed by atoms with E-state index in [0.717, 1.165) is 25.8 Å². The number of esters is 1. The second-order valence-electron chi connectivity index (χ2n) is 10.5. The molecule has 1 fully saturated rings. The third-order valence-corrected chi connectivity index (χ3v) is 7.78. The van der Waals surface area contributed by atoms with Crippen LogP contribution in [-0.4, -0.2) is 31.6 Å². The maximum atomic E-state index is 11.9. The SMILES string of the molecule is CCCCCCCCCCCCCCCCCCC[C@@H]1OC[C@@H](COC(=O)CCC[n+]2ccsc2)O1. The first-order chi connectivity index (χ1) is 17.8. The number of aromatic nitrogens is 1. The summed E-state index contributed by atoms with van der Waals surface area (Å²) in [6, 6.07) is 0. The van der Waals surface area contributed by atoms with Crippen molar-refractivity contribution in [3.63, 3.8) is 0 Å². The maximum absolute atomic E-state index is 11.9. The maximum Gasteiger partial charge on any atom is 0.306 e. The summed E-state index contributed by atoms with van der Waals surface area (Å²) in [5.41, 5.74) is 2.05. The molecule has 2 atom stereocenters. The van der Waals surface area contributed by atoms with Gasteiger partial charge in [-0.15, -0.1) is 0 Å². The van der Waals surface area contributed by atoms with Gasteiger partial charge in [-0.3, -0.25) is 4.79 Å². The van der Waals surface area contributed by atoms with E-state index in [-0.39, 0.29) is 18.4 Å². The van der Waals surface area contributed by atoms with E-state index < -0.39 is 0 Å². The normalized spacial score (nSPS) is 17.6. The van der Waals surface area contributed by atoms with Gasteiger partial charge in [-0.2, -0.15) is 4.57 Å². The highest BCUT2D eigenvalue weighted by Gasteiger charge is 2.26. The summed E-state index contributed by atoms with van der Waals surface area (Å²) in [7, 11) is 0. The molecule has 0 aromatic carbocycles. The molecule has 0 saturated carbocycles. The number of hydrogen-bond acceptors (Lipinski definition) is 5. The second-order valence-corrected chi connectivity index (χ2v) is 11.3. The summed E-state index contributed by atoms with van der Waals surface area (Å²) in [5.74, 6) is -0.147. The molecule has 2 rings (SSSR count). The Labute approximate surface area is 225 Å². The van der Waals surface area contributed by atoms with E-state index in [4.69, 9.17) is 14.2 Å². The number of carbonyl (C=O) groups is 1. The Balaban J connectivity index is 1.28. The van der Waals surface area contributed by atoms with E-state index in [0.29, 0.717) is 19.6 Å². The summed E-state index contributed by atoms with van der Waals surface area (Å²) >= 11 is 1.66. The van der Waals surface area contributed by atoms with Crippen LogP contribution >= 0.6 is 11.3 Å². The Morgan fingerprint density at radius 1 is 0.861 bits per heavy atom. The number of hydrogen-bond donors (Lipinski definition) is 0. The van der Waals surface area contributed by atoms with Gasteiger partial charge in [-0.25, -0.2) is 0 Å². The van der Waals surface area contributed by atoms with Crippen LogP contribution in [0.2, 0.25) is 0 Å². The average Bonchev–Trinajstić information content (AvgIpc) is 3.57. The van der Waals surface area contributed by atoms with Crippen LogP contribution in [0.5, 0.6) is 0 Å². The minimum absolute atomic E-state index is 0.115. The second kappa shape index (κ2) is 22.0. The van der Waals surface area contributed by atoms with Gasteiger partial charge < -0.3 is 14.2 Å². The van der Waals surface area contributed by atoms with E-state index in [1.165, 1.54) is 103 Å². The van der Waals surface area contributed by atoms with Crippen molar-refractivity contribution < 1.29 is 23.6 Å². The highest BCUT2D eigenvalue weighted by atomic mass is 32.1. The first-order valence-electron chi connectivity index (χ1n) is 15.1. The van der Waals surface area contributed by atoms with Crippen LogP contribution in [0, 0.1) is 0 Å². The van der Waals surface area contributed by atoms with E-state index >= 15 is 0 Å². The van der Waals surface area contributed by atoms with E-state index in [1.807, 2.05) is 11.6 Å². The van der Waals surface area contributed by atoms with Crippen molar-refractivity contribution >= 4 is 17.3 Å². The molecule has 0 bridgehead atoms. The summed E-state index contributed by atoms with van der Waals surface area (Å²) in [6.07, 6.45) is 27.5. The number of rotatable bonds is 24. The zero-order valence-electron chi connectivity index (χ0n) is 23.1. The van der Waals surface area contributed by atoms with Crippen LogP contribution in [0.1, 0.15) is 135 Å². The van der Waals surface area contributed by atoms with Gasteiger partial charge in [-0.1, -0.05) is 121 Å². The van der Waals surface area contributed by atoms with Crippen molar-refractivity contribution in [3.8, 4) is 0 Å². The third kappa shape index (κ3) is 16.7. The van der Waals surface area contributed by atoms with Gasteiger partial charge in [0.25, 0.3) is 0 Å². The number of ether oxygens (including phenoxy) is 3. The number of aryl methyl sites for hydroxylation is 1. The molecular formula is C30H54NO4S+. The lowest BCUT2D eigenvalue weighted by Gasteiger charge is -2.12. The number of thiazole rings is 1. The number of nitrogens with zero attached hydrogens (tertiary/aromatic N) is 1. The molecule has 1 aliphatic heterocycles. The molecule has 2 heterocycles. The van der Waals surface area contributed by atoms with Gasteiger partial charge in [0.2, 0.25) is 5.51 Å². The molecule has 1 aromatic rings. The van der Waals surface area contributed by atoms with Gasteiger partial charge in [0.05, 0.1) is 18.4 Å². The number of unbranched alkanes of at least 4 members (excludes halogenated alkanes) is 16. The quantitative estimate of drug-likeness (QED) is 0.0778. The fourth-order valence-electron chi connectivity index (χ4n) is 4.84. The first kappa shape index (κ1) is 31.2. The molecule has 0 unspecified atom stereocenters. The lowest BCUT2D eigenvalue weighted by molar-refractivity contribution is -0.692. The Morgan fingerprint density at radius 3 is 2.00 bits per heavy atom. The van der Waals surface area contributed by atoms with Crippen molar-refractivity contribution in [3.05, 3.63) is 17.1 Å². The van der Waals surface area contributed by atoms with Gasteiger partial charge >= 0.3 is 5.97 Å². The van der Waals surface area contributed by atoms with Gasteiger partial charge in [0, 0.05) is 6.42 Å². The molecule has 36 heavy (non-hydrogen) atoms. The monoisotopic (exact) mass is 524 g/mol. The van der Waals surface area contributed by atoms with Crippen molar-refractivity contribution in [2.75, 3.05) is 13.2 Å². The lowest BCUT2D eigenvalue weighted by atomic mass is 10.0. The Kier molecular flexibility index (Phi) is 19.1. The van der Waals surface area contributed by atoms with Crippen LogP contribution in [0.15, 0.2) is 17.1 Å². The van der Waals surface area contributed by atoms with Crippen LogP contribution in [0.3, 0.4) is 0 Å². The van der Waals surface area contributed by atoms with E-state index in [1.54, 1.807) is 11.3 Å². The largest absolute Gasteiger partial charge is 0.463 e. The standard InChI is InChI=1S/C30H54NO4S/c1-2-3-4-5-6-7-8-9-10-11-12-13-14-15-16-17-18-21-30-34-26-28(35-30)25-33-29(32)20-19-22-31-23-24-36-27-31/h23-24,27-28,30H,2-22,25-26H2,1H3/q+1/t28-,30-/m1/s1. The predicted molar refractivity (Wildman–Crippen MR) is 148 cm³/mol. The van der Waals surface area contributed by atoms with Crippen molar-refractivity contribution in [1.82, 2.24) is 0 Å². The van der Waals surface area contributed by atoms with Crippen LogP contribution < -0.4 is 4.57 Å². The molecule has 1 aliphatic rings. The third-order valence-electron chi connectivity index (χ3n) is 7.11. The van der Waals surface area contributed by atoms with E-state index in [2.05, 4.69) is 17.0 Å². The van der Waals surface area contributed by atoms with Gasteiger partial charge in [-0.05, 0) is 12.8 Å². The molecule has 6 heteroatoms. The molecule has 0 N–H and O–H groups in total. The van der Waals surface area contributed by atoms with Crippen LogP contribution in [0.25, 0.3) is 0 Å². The molecule has 1 saturated heterocycles. The Hall–Kier alpha value is -0.980. The van der Waals surface area contributed by atoms with Gasteiger partial charge in [0.1, 0.15) is 19.3 Å². The highest BCUT2D eigenvalue weighted by molar-refractivity contribution is 7.07. The van der Waals surface area contributed by atoms with Crippen LogP contribution in [-0.2, 0) is 25.5 Å². The molecule has 208 valence electrons. The molecule has 0 spiro atoms. The molecule has 0 amide bonds.